The summed E-state index contributed by atoms with van der Waals surface area (Å²) in [6, 6.07) is 0. The minimum atomic E-state index is -0.900. The lowest BCUT2D eigenvalue weighted by atomic mass is 10.4. The van der Waals surface area contributed by atoms with Crippen molar-refractivity contribution in [2.24, 2.45) is 0 Å². The second-order valence-corrected chi connectivity index (χ2v) is 1.05. The number of hydrogen-bond acceptors (Lipinski definition) is 0. The van der Waals surface area contributed by atoms with Crippen molar-refractivity contribution in [3.05, 3.63) is 18.4 Å². The molecule has 0 amide bonds. The summed E-state index contributed by atoms with van der Waals surface area (Å²) in [5.74, 6) is 0. The first kappa shape index (κ1) is 5.45. The van der Waals surface area contributed by atoms with Gasteiger partial charge >= 0.3 is 0 Å². The maximum absolute atomic E-state index is 11.5. The minimum absolute atomic E-state index is 0.900. The zero-order valence-electron chi connectivity index (χ0n) is 3.74. The predicted molar refractivity (Wildman–Crippen MR) is 24.3 cm³/mol. The molecule has 0 aromatic rings. The van der Waals surface area contributed by atoms with E-state index in [1.807, 2.05) is 0 Å². The summed E-state index contributed by atoms with van der Waals surface area (Å²) < 4.78 is 11.5. The average Bonchev–Trinajstić information content (AvgIpc) is 1.35. The van der Waals surface area contributed by atoms with Gasteiger partial charge in [-0.1, -0.05) is 6.58 Å². The zero-order chi connectivity index (χ0) is 4.99. The highest BCUT2D eigenvalue weighted by molar-refractivity contribution is 4.80. The molecule has 0 aromatic heterocycles. The van der Waals surface area contributed by atoms with Gasteiger partial charge in [0.1, 0.15) is 6.17 Å². The number of halogens is 1. The molecule has 0 aliphatic heterocycles. The Morgan fingerprint density at radius 2 is 2.50 bits per heavy atom. The fourth-order valence-corrected chi connectivity index (χ4v) is 0.162. The van der Waals surface area contributed by atoms with Crippen LogP contribution in [0.5, 0.6) is 0 Å². The zero-order valence-corrected chi connectivity index (χ0v) is 3.74. The Morgan fingerprint density at radius 3 is 2.50 bits per heavy atom. The van der Waals surface area contributed by atoms with Crippen molar-refractivity contribution < 1.29 is 4.39 Å². The van der Waals surface area contributed by atoms with Crippen molar-refractivity contribution in [2.75, 3.05) is 0 Å². The van der Waals surface area contributed by atoms with E-state index < -0.39 is 6.17 Å². The van der Waals surface area contributed by atoms with Gasteiger partial charge in [-0.2, -0.15) is 0 Å². The third-order valence-corrected chi connectivity index (χ3v) is 0.348. The topological polar surface area (TPSA) is 0 Å². The molecular formula is C5H7F. The molecule has 0 radical (unpaired) electrons. The summed E-state index contributed by atoms with van der Waals surface area (Å²) in [5, 5.41) is 0. The van der Waals surface area contributed by atoms with E-state index in [0.29, 0.717) is 0 Å². The summed E-state index contributed by atoms with van der Waals surface area (Å²) in [4.78, 5) is 0. The molecule has 0 heterocycles. The highest BCUT2D eigenvalue weighted by Crippen LogP contribution is 1.84. The Balaban J connectivity index is 3.29. The number of hydrogen-bond donors (Lipinski definition) is 0. The summed E-state index contributed by atoms with van der Waals surface area (Å²) in [6.45, 7) is 4.61. The van der Waals surface area contributed by atoms with Gasteiger partial charge in [-0.15, -0.1) is 5.73 Å². The van der Waals surface area contributed by atoms with E-state index in [9.17, 15) is 4.39 Å². The molecule has 0 saturated heterocycles. The van der Waals surface area contributed by atoms with Gasteiger partial charge in [-0.25, -0.2) is 4.39 Å². The SMILES string of the molecule is C=C=CC(C)F. The first-order chi connectivity index (χ1) is 2.77. The molecule has 0 rings (SSSR count). The molecule has 0 bridgehead atoms. The fraction of sp³-hybridized carbons (Fsp3) is 0.400. The molecule has 0 saturated carbocycles. The van der Waals surface area contributed by atoms with Crippen LogP contribution in [-0.4, -0.2) is 6.17 Å². The number of alkyl halides is 1. The largest absolute Gasteiger partial charge is 0.243 e. The second-order valence-electron chi connectivity index (χ2n) is 1.05. The maximum Gasteiger partial charge on any atom is 0.123 e. The van der Waals surface area contributed by atoms with Crippen molar-refractivity contribution in [2.45, 2.75) is 13.1 Å². The van der Waals surface area contributed by atoms with Gasteiger partial charge in [0.15, 0.2) is 0 Å². The average molecular weight is 86.1 g/mol. The quantitative estimate of drug-likeness (QED) is 0.426. The molecule has 1 heteroatoms. The Kier molecular flexibility index (Phi) is 2.43. The van der Waals surface area contributed by atoms with Crippen molar-refractivity contribution in [1.29, 1.82) is 0 Å². The smallest absolute Gasteiger partial charge is 0.123 e. The van der Waals surface area contributed by atoms with Gasteiger partial charge < -0.3 is 0 Å². The van der Waals surface area contributed by atoms with E-state index in [2.05, 4.69) is 12.3 Å². The van der Waals surface area contributed by atoms with E-state index in [1.54, 1.807) is 0 Å². The van der Waals surface area contributed by atoms with E-state index >= 15 is 0 Å². The van der Waals surface area contributed by atoms with Crippen molar-refractivity contribution in [3.63, 3.8) is 0 Å². The molecule has 1 atom stereocenters. The standard InChI is InChI=1S/C5H7F/c1-3-4-5(2)6/h4-5H,1H2,2H3. The van der Waals surface area contributed by atoms with E-state index in [1.165, 1.54) is 13.0 Å². The lowest BCUT2D eigenvalue weighted by molar-refractivity contribution is 0.431. The van der Waals surface area contributed by atoms with Gasteiger partial charge in [0.25, 0.3) is 0 Å². The van der Waals surface area contributed by atoms with Crippen molar-refractivity contribution in [1.82, 2.24) is 0 Å². The first-order valence-corrected chi connectivity index (χ1v) is 1.77. The Labute approximate surface area is 37.0 Å². The molecule has 1 unspecified atom stereocenters. The molecule has 0 aromatic carbocycles. The van der Waals surface area contributed by atoms with E-state index in [0.717, 1.165) is 0 Å². The van der Waals surface area contributed by atoms with Gasteiger partial charge in [0.2, 0.25) is 0 Å². The van der Waals surface area contributed by atoms with Crippen molar-refractivity contribution >= 4 is 0 Å². The first-order valence-electron chi connectivity index (χ1n) is 1.77. The third-order valence-electron chi connectivity index (χ3n) is 0.348. The number of allylic oxidation sites excluding steroid dienone is 1. The Hall–Kier alpha value is -0.550. The van der Waals surface area contributed by atoms with Crippen LogP contribution in [0.4, 0.5) is 4.39 Å². The number of rotatable bonds is 1. The molecule has 6 heavy (non-hydrogen) atoms. The van der Waals surface area contributed by atoms with Gasteiger partial charge in [0.05, 0.1) is 0 Å². The Bertz CT molecular complexity index is 68.0. The fourth-order valence-electron chi connectivity index (χ4n) is 0.162. The molecule has 0 fully saturated rings. The highest BCUT2D eigenvalue weighted by Gasteiger charge is 1.81. The van der Waals surface area contributed by atoms with Crippen LogP contribution in [0.3, 0.4) is 0 Å². The summed E-state index contributed by atoms with van der Waals surface area (Å²) >= 11 is 0. The minimum Gasteiger partial charge on any atom is -0.243 e. The monoisotopic (exact) mass is 86.1 g/mol. The van der Waals surface area contributed by atoms with Crippen LogP contribution in [0.1, 0.15) is 6.92 Å². The highest BCUT2D eigenvalue weighted by atomic mass is 19.1. The van der Waals surface area contributed by atoms with Gasteiger partial charge in [-0.3, -0.25) is 0 Å². The molecule has 0 nitrogen and oxygen atoms in total. The molecule has 0 N–H and O–H groups in total. The maximum atomic E-state index is 11.5. The van der Waals surface area contributed by atoms with Crippen LogP contribution < -0.4 is 0 Å². The molecule has 0 aliphatic rings. The lowest BCUT2D eigenvalue weighted by Crippen LogP contribution is -1.78. The van der Waals surface area contributed by atoms with Crippen LogP contribution in [0.15, 0.2) is 18.4 Å². The van der Waals surface area contributed by atoms with Crippen LogP contribution >= 0.6 is 0 Å². The summed E-state index contributed by atoms with van der Waals surface area (Å²) in [6.07, 6.45) is 0.363. The lowest BCUT2D eigenvalue weighted by Gasteiger charge is -1.79. The van der Waals surface area contributed by atoms with Crippen molar-refractivity contribution in [3.8, 4) is 0 Å². The normalized spacial score (nSPS) is 12.3. The van der Waals surface area contributed by atoms with Gasteiger partial charge in [-0.05, 0) is 13.0 Å². The van der Waals surface area contributed by atoms with E-state index in [-0.39, 0.29) is 0 Å². The van der Waals surface area contributed by atoms with Crippen LogP contribution in [0, 0.1) is 0 Å². The molecule has 0 spiro atoms. The third kappa shape index (κ3) is 3.45. The molecule has 0 aliphatic carbocycles. The summed E-state index contributed by atoms with van der Waals surface area (Å²) in [5.41, 5.74) is 2.32. The van der Waals surface area contributed by atoms with Gasteiger partial charge in [0, 0.05) is 0 Å². The molecular weight excluding hydrogens is 79.1 g/mol. The second kappa shape index (κ2) is 2.67. The van der Waals surface area contributed by atoms with Crippen LogP contribution in [-0.2, 0) is 0 Å². The predicted octanol–water partition coefficient (Wildman–Crippen LogP) is 1.69. The Morgan fingerprint density at radius 1 is 2.00 bits per heavy atom. The molecule has 34 valence electrons. The van der Waals surface area contributed by atoms with Crippen LogP contribution in [0.25, 0.3) is 0 Å². The van der Waals surface area contributed by atoms with Crippen LogP contribution in [0.2, 0.25) is 0 Å². The van der Waals surface area contributed by atoms with E-state index in [4.69, 9.17) is 0 Å². The summed E-state index contributed by atoms with van der Waals surface area (Å²) in [7, 11) is 0.